The highest BCUT2D eigenvalue weighted by Gasteiger charge is 1.81. The fourth-order valence-corrected chi connectivity index (χ4v) is 0.557. The molecule has 0 aliphatic rings. The zero-order valence-corrected chi connectivity index (χ0v) is 7.86. The Hall–Kier alpha value is -1.11. The van der Waals surface area contributed by atoms with E-state index in [0.29, 0.717) is 0 Å². The fraction of sp³-hybridized carbons (Fsp3) is 0.143. The van der Waals surface area contributed by atoms with Gasteiger partial charge in [0.1, 0.15) is 5.75 Å². The molecule has 0 bridgehead atoms. The van der Waals surface area contributed by atoms with E-state index in [1.165, 1.54) is 0 Å². The van der Waals surface area contributed by atoms with Crippen LogP contribution in [0.4, 0.5) is 0 Å². The van der Waals surface area contributed by atoms with Crippen LogP contribution < -0.4 is 9.88 Å². The van der Waals surface area contributed by atoms with Gasteiger partial charge in [-0.2, -0.15) is 8.42 Å². The molecule has 74 valence electrons. The first kappa shape index (κ1) is 11.9. The smallest absolute Gasteiger partial charge is 0.330 e. The molecule has 0 spiro atoms. The number of nitrogens with two attached hydrogens (primary N) is 1. The highest BCUT2D eigenvalue weighted by molar-refractivity contribution is 7.83. The van der Waals surface area contributed by atoms with Crippen LogP contribution in [0.5, 0.6) is 5.75 Å². The predicted molar refractivity (Wildman–Crippen MR) is 48.7 cm³/mol. The van der Waals surface area contributed by atoms with E-state index >= 15 is 0 Å². The summed E-state index contributed by atoms with van der Waals surface area (Å²) >= 11 is 0. The third-order valence-electron chi connectivity index (χ3n) is 0.979. The molecular formula is C7H11NO4S. The lowest BCUT2D eigenvalue weighted by molar-refractivity contribution is 0.415. The van der Waals surface area contributed by atoms with Gasteiger partial charge >= 0.3 is 10.3 Å². The Morgan fingerprint density at radius 3 is 1.92 bits per heavy atom. The van der Waals surface area contributed by atoms with E-state index in [1.54, 1.807) is 7.11 Å². The molecule has 0 heterocycles. The minimum atomic E-state index is -4.17. The molecular weight excluding hydrogens is 194 g/mol. The lowest BCUT2D eigenvalue weighted by Crippen LogP contribution is -2.08. The first-order chi connectivity index (χ1) is 5.93. The number of hydrogen-bond acceptors (Lipinski definition) is 3. The van der Waals surface area contributed by atoms with Crippen LogP contribution in [0.2, 0.25) is 0 Å². The Balaban J connectivity index is 0.000000252. The van der Waals surface area contributed by atoms with Crippen LogP contribution in [0, 0.1) is 0 Å². The second-order valence-corrected chi connectivity index (χ2v) is 3.06. The molecule has 1 aromatic carbocycles. The van der Waals surface area contributed by atoms with E-state index in [-0.39, 0.29) is 0 Å². The van der Waals surface area contributed by atoms with Crippen LogP contribution in [0.15, 0.2) is 30.3 Å². The van der Waals surface area contributed by atoms with Crippen LogP contribution in [-0.4, -0.2) is 20.1 Å². The van der Waals surface area contributed by atoms with Crippen molar-refractivity contribution in [2.45, 2.75) is 0 Å². The SMILES string of the molecule is COc1ccccc1.NS(=O)(=O)O. The van der Waals surface area contributed by atoms with Gasteiger partial charge in [-0.05, 0) is 12.1 Å². The summed E-state index contributed by atoms with van der Waals surface area (Å²) in [5, 5.41) is 3.88. The van der Waals surface area contributed by atoms with Gasteiger partial charge in [-0.15, -0.1) is 0 Å². The van der Waals surface area contributed by atoms with Gasteiger partial charge in [-0.3, -0.25) is 4.55 Å². The maximum Gasteiger partial charge on any atom is 0.330 e. The summed E-state index contributed by atoms with van der Waals surface area (Å²) in [5.74, 6) is 0.910. The second-order valence-electron chi connectivity index (χ2n) is 2.03. The Labute approximate surface area is 77.0 Å². The normalized spacial score (nSPS) is 9.77. The van der Waals surface area contributed by atoms with Crippen LogP contribution in [0.1, 0.15) is 0 Å². The molecule has 0 saturated carbocycles. The number of methoxy groups -OCH3 is 1. The average Bonchev–Trinajstić information content (AvgIpc) is 2.03. The summed E-state index contributed by atoms with van der Waals surface area (Å²) in [7, 11) is -2.50. The maximum absolute atomic E-state index is 8.97. The van der Waals surface area contributed by atoms with Gasteiger partial charge in [0.2, 0.25) is 0 Å². The lowest BCUT2D eigenvalue weighted by atomic mass is 10.3. The molecule has 0 aromatic heterocycles. The Kier molecular flexibility index (Phi) is 5.05. The van der Waals surface area contributed by atoms with E-state index in [0.717, 1.165) is 5.75 Å². The van der Waals surface area contributed by atoms with Crippen molar-refractivity contribution in [3.05, 3.63) is 30.3 Å². The average molecular weight is 205 g/mol. The van der Waals surface area contributed by atoms with E-state index in [1.807, 2.05) is 30.3 Å². The highest BCUT2D eigenvalue weighted by atomic mass is 32.2. The number of para-hydroxylation sites is 1. The molecule has 1 rings (SSSR count). The summed E-state index contributed by atoms with van der Waals surface area (Å²) < 4.78 is 30.1. The summed E-state index contributed by atoms with van der Waals surface area (Å²) in [5.41, 5.74) is 0. The Bertz CT molecular complexity index is 314. The Morgan fingerprint density at radius 2 is 1.69 bits per heavy atom. The van der Waals surface area contributed by atoms with Gasteiger partial charge in [0.25, 0.3) is 0 Å². The minimum absolute atomic E-state index is 0.910. The number of hydrogen-bond donors (Lipinski definition) is 2. The van der Waals surface area contributed by atoms with Crippen LogP contribution in [-0.2, 0) is 10.3 Å². The zero-order chi connectivity index (χ0) is 10.3. The molecule has 0 amide bonds. The molecule has 0 radical (unpaired) electrons. The number of rotatable bonds is 1. The molecule has 3 N–H and O–H groups in total. The van der Waals surface area contributed by atoms with Crippen molar-refractivity contribution >= 4 is 10.3 Å². The molecule has 0 saturated heterocycles. The molecule has 0 unspecified atom stereocenters. The molecule has 0 atom stereocenters. The molecule has 13 heavy (non-hydrogen) atoms. The minimum Gasteiger partial charge on any atom is -0.497 e. The first-order valence-corrected chi connectivity index (χ1v) is 4.78. The molecule has 0 aliphatic heterocycles. The third-order valence-corrected chi connectivity index (χ3v) is 0.979. The van der Waals surface area contributed by atoms with Gasteiger partial charge in [-0.1, -0.05) is 18.2 Å². The van der Waals surface area contributed by atoms with Gasteiger partial charge in [0.15, 0.2) is 0 Å². The molecule has 0 fully saturated rings. The summed E-state index contributed by atoms with van der Waals surface area (Å²) in [6, 6.07) is 9.68. The molecule has 1 aromatic rings. The molecule has 0 aliphatic carbocycles. The number of benzene rings is 1. The highest BCUT2D eigenvalue weighted by Crippen LogP contribution is 2.05. The van der Waals surface area contributed by atoms with Crippen molar-refractivity contribution < 1.29 is 17.7 Å². The van der Waals surface area contributed by atoms with Gasteiger partial charge in [0, 0.05) is 0 Å². The monoisotopic (exact) mass is 205 g/mol. The third kappa shape index (κ3) is 10.9. The van der Waals surface area contributed by atoms with Crippen LogP contribution in [0.25, 0.3) is 0 Å². The largest absolute Gasteiger partial charge is 0.497 e. The Morgan fingerprint density at radius 1 is 1.31 bits per heavy atom. The van der Waals surface area contributed by atoms with Crippen molar-refractivity contribution in [2.24, 2.45) is 5.14 Å². The van der Waals surface area contributed by atoms with E-state index in [9.17, 15) is 0 Å². The van der Waals surface area contributed by atoms with E-state index in [2.05, 4.69) is 5.14 Å². The van der Waals surface area contributed by atoms with Gasteiger partial charge < -0.3 is 4.74 Å². The predicted octanol–water partition coefficient (Wildman–Crippen LogP) is 0.443. The molecule has 6 heteroatoms. The second kappa shape index (κ2) is 5.52. The van der Waals surface area contributed by atoms with Crippen molar-refractivity contribution in [3.63, 3.8) is 0 Å². The van der Waals surface area contributed by atoms with Crippen molar-refractivity contribution in [1.29, 1.82) is 0 Å². The van der Waals surface area contributed by atoms with Crippen molar-refractivity contribution in [2.75, 3.05) is 7.11 Å². The number of ether oxygens (including phenoxy) is 1. The lowest BCUT2D eigenvalue weighted by Gasteiger charge is -1.93. The van der Waals surface area contributed by atoms with Crippen molar-refractivity contribution in [3.8, 4) is 5.75 Å². The fourth-order valence-electron chi connectivity index (χ4n) is 0.557. The van der Waals surface area contributed by atoms with E-state index < -0.39 is 10.3 Å². The zero-order valence-electron chi connectivity index (χ0n) is 7.04. The topological polar surface area (TPSA) is 89.6 Å². The van der Waals surface area contributed by atoms with Crippen LogP contribution in [0.3, 0.4) is 0 Å². The molecule has 5 nitrogen and oxygen atoms in total. The maximum atomic E-state index is 8.97. The van der Waals surface area contributed by atoms with Gasteiger partial charge in [-0.25, -0.2) is 5.14 Å². The summed E-state index contributed by atoms with van der Waals surface area (Å²) in [4.78, 5) is 0. The first-order valence-electron chi connectivity index (χ1n) is 3.27. The standard InChI is InChI=1S/C7H8O.H3NO3S/c1-8-7-5-3-2-4-6-7;1-5(2,3)4/h2-6H,1H3;(H3,1,2,3,4). The van der Waals surface area contributed by atoms with Crippen molar-refractivity contribution in [1.82, 2.24) is 0 Å². The summed E-state index contributed by atoms with van der Waals surface area (Å²) in [6.45, 7) is 0. The quantitative estimate of drug-likeness (QED) is 0.651. The summed E-state index contributed by atoms with van der Waals surface area (Å²) in [6.07, 6.45) is 0. The van der Waals surface area contributed by atoms with Gasteiger partial charge in [0.05, 0.1) is 7.11 Å². The van der Waals surface area contributed by atoms with E-state index in [4.69, 9.17) is 17.7 Å². The van der Waals surface area contributed by atoms with Crippen LogP contribution >= 0.6 is 0 Å².